The molecule has 0 unspecified atom stereocenters. The van der Waals surface area contributed by atoms with E-state index in [0.29, 0.717) is 51.4 Å². The second-order valence-corrected chi connectivity index (χ2v) is 8.98. The van der Waals surface area contributed by atoms with Crippen LogP contribution in [0.25, 0.3) is 0 Å². The van der Waals surface area contributed by atoms with E-state index in [0.717, 1.165) is 0 Å². The molecule has 16 nitrogen and oxygen atoms in total. The van der Waals surface area contributed by atoms with Crippen molar-refractivity contribution >= 4 is 47.8 Å². The van der Waals surface area contributed by atoms with Crippen LogP contribution in [0, 0.1) is 76.3 Å². The van der Waals surface area contributed by atoms with E-state index in [2.05, 4.69) is 0 Å². The van der Waals surface area contributed by atoms with Gasteiger partial charge in [-0.1, -0.05) is 107 Å². The number of carboxylic acid groups (broad SMARTS) is 8. The number of hydrogen-bond acceptors (Lipinski definition) is 16. The van der Waals surface area contributed by atoms with Crippen LogP contribution in [0.1, 0.15) is 158 Å². The van der Waals surface area contributed by atoms with Gasteiger partial charge in [0, 0.05) is 47.8 Å². The average molecular weight is 1070 g/mol. The van der Waals surface area contributed by atoms with Gasteiger partial charge < -0.3 is 79.2 Å². The SMILES string of the molecule is CCCC(=O)[O-].CCCC(=O)[O-].CCCC(=O)[O-].CCCC(=O)[O-].CCCC(=O)[O-].CCCC(=O)[O-].CCCC(=O)[O-].CCCC(=O)[O-].[Dy+3].[Dy+3].[Na+].[Na+]. The molecule has 0 saturated carbocycles. The van der Waals surface area contributed by atoms with E-state index in [4.69, 9.17) is 0 Å². The van der Waals surface area contributed by atoms with Crippen molar-refractivity contribution in [1.82, 2.24) is 0 Å². The van der Waals surface area contributed by atoms with Crippen molar-refractivity contribution in [2.24, 2.45) is 0 Å². The van der Waals surface area contributed by atoms with Gasteiger partial charge in [0.15, 0.2) is 0 Å². The van der Waals surface area contributed by atoms with Crippen molar-refractivity contribution in [2.45, 2.75) is 158 Å². The van der Waals surface area contributed by atoms with Crippen LogP contribution >= 0.6 is 0 Å². The summed E-state index contributed by atoms with van der Waals surface area (Å²) in [5.74, 6) is -7.69. The minimum Gasteiger partial charge on any atom is -0.550 e. The Morgan fingerprint density at radius 2 is 0.308 bits per heavy atom. The van der Waals surface area contributed by atoms with Crippen LogP contribution < -0.4 is 100.0 Å². The Labute approximate surface area is 415 Å². The summed E-state index contributed by atoms with van der Waals surface area (Å²) < 4.78 is 0. The molecule has 0 fully saturated rings. The molecule has 2 radical (unpaired) electrons. The van der Waals surface area contributed by atoms with Gasteiger partial charge in [-0.05, 0) is 51.4 Å². The molecule has 0 aliphatic carbocycles. The van der Waals surface area contributed by atoms with Gasteiger partial charge in [0.05, 0.1) is 0 Å². The van der Waals surface area contributed by atoms with Gasteiger partial charge in [0.2, 0.25) is 0 Å². The number of carbonyl (C=O) groups excluding carboxylic acids is 8. The molecule has 0 heterocycles. The third kappa shape index (κ3) is 207. The summed E-state index contributed by atoms with van der Waals surface area (Å²) in [7, 11) is 0. The van der Waals surface area contributed by atoms with E-state index in [1.165, 1.54) is 0 Å². The predicted octanol–water partition coefficient (Wildman–Crippen LogP) is -9.70. The van der Waals surface area contributed by atoms with Crippen LogP contribution in [0.4, 0.5) is 0 Å². The molecule has 0 aromatic rings. The van der Waals surface area contributed by atoms with Crippen molar-refractivity contribution in [3.63, 3.8) is 0 Å². The second-order valence-electron chi connectivity index (χ2n) is 8.98. The Morgan fingerprint density at radius 1 is 0.250 bits per heavy atom. The number of hydrogen-bond donors (Lipinski definition) is 0. The number of aliphatic carboxylic acids is 8. The van der Waals surface area contributed by atoms with Crippen LogP contribution in [-0.4, -0.2) is 47.8 Å². The molecule has 0 aliphatic rings. The van der Waals surface area contributed by atoms with Crippen molar-refractivity contribution in [3.8, 4) is 0 Å². The fraction of sp³-hybridized carbons (Fsp3) is 0.750. The summed E-state index contributed by atoms with van der Waals surface area (Å²) in [6, 6.07) is 0. The van der Waals surface area contributed by atoms with E-state index < -0.39 is 47.8 Å². The molecule has 0 saturated heterocycles. The van der Waals surface area contributed by atoms with E-state index >= 15 is 0 Å². The minimum absolute atomic E-state index is 0. The molecule has 0 N–H and O–H groups in total. The Kier molecular flexibility index (Phi) is 130. The number of carbonyl (C=O) groups is 8. The van der Waals surface area contributed by atoms with E-state index in [-0.39, 0.29) is 187 Å². The molecule has 0 aliphatic heterocycles. The second kappa shape index (κ2) is 79.9. The van der Waals surface area contributed by atoms with Crippen LogP contribution in [0.3, 0.4) is 0 Å². The van der Waals surface area contributed by atoms with Gasteiger partial charge in [0.1, 0.15) is 0 Å². The standard InChI is InChI=1S/8C4H8O2.2Dy.2Na/c8*1-2-3-4(5)6;;;;/h8*2-3H2,1H3,(H,5,6);;;;/q;;;;;;;;2*+3;2*+1/p-8. The third-order valence-corrected chi connectivity index (χ3v) is 3.63. The molecule has 0 atom stereocenters. The Bertz CT molecular complexity index is 612. The smallest absolute Gasteiger partial charge is 0.550 e. The molecule has 52 heavy (non-hydrogen) atoms. The first-order chi connectivity index (χ1) is 22.2. The average Bonchev–Trinajstić information content (AvgIpc) is 2.90. The van der Waals surface area contributed by atoms with Gasteiger partial charge in [0.25, 0.3) is 0 Å². The summed E-state index contributed by atoms with van der Waals surface area (Å²) >= 11 is 0. The largest absolute Gasteiger partial charge is 3.00 e. The van der Waals surface area contributed by atoms with Crippen molar-refractivity contribution in [2.75, 3.05) is 0 Å². The maximum absolute atomic E-state index is 9.49. The van der Waals surface area contributed by atoms with Crippen LogP contribution in [0.15, 0.2) is 0 Å². The van der Waals surface area contributed by atoms with Crippen LogP contribution in [-0.2, 0) is 38.4 Å². The molecule has 0 spiro atoms. The van der Waals surface area contributed by atoms with Gasteiger partial charge in [-0.3, -0.25) is 0 Å². The number of carboxylic acids is 8. The fourth-order valence-corrected chi connectivity index (χ4v) is 1.63. The van der Waals surface area contributed by atoms with Gasteiger partial charge in [-0.2, -0.15) is 0 Å². The molecule has 0 bridgehead atoms. The first-order valence-electron chi connectivity index (χ1n) is 15.8. The molecule has 0 aromatic carbocycles. The zero-order valence-electron chi connectivity index (χ0n) is 32.5. The maximum Gasteiger partial charge on any atom is 3.00 e. The summed E-state index contributed by atoms with van der Waals surface area (Å²) in [5.41, 5.74) is 0. The monoisotopic (exact) mass is 1070 g/mol. The first kappa shape index (κ1) is 84.8. The topological polar surface area (TPSA) is 321 Å². The van der Waals surface area contributed by atoms with Gasteiger partial charge in [-0.25, -0.2) is 0 Å². The Morgan fingerprint density at radius 3 is 0.308 bits per heavy atom. The number of rotatable bonds is 16. The minimum atomic E-state index is -0.961. The van der Waals surface area contributed by atoms with E-state index in [1.54, 1.807) is 55.4 Å². The summed E-state index contributed by atoms with van der Waals surface area (Å²) in [5, 5.41) is 75.9. The van der Waals surface area contributed by atoms with Crippen molar-refractivity contribution in [1.29, 1.82) is 0 Å². The van der Waals surface area contributed by atoms with Gasteiger partial charge >= 0.3 is 135 Å². The summed E-state index contributed by atoms with van der Waals surface area (Å²) in [4.78, 5) is 75.9. The Balaban J connectivity index is -0.0000000348. The predicted molar refractivity (Wildman–Crippen MR) is 159 cm³/mol. The van der Waals surface area contributed by atoms with Gasteiger partial charge in [-0.15, -0.1) is 0 Å². The van der Waals surface area contributed by atoms with E-state index in [1.807, 2.05) is 0 Å². The Hall–Kier alpha value is 0.305. The van der Waals surface area contributed by atoms with Crippen LogP contribution in [0.2, 0.25) is 0 Å². The summed E-state index contributed by atoms with van der Waals surface area (Å²) in [6.45, 7) is 14.4. The molecule has 0 rings (SSSR count). The molecular formula is C32H56Dy2Na2O16. The molecule has 20 heteroatoms. The quantitative estimate of drug-likeness (QED) is 0.130. The van der Waals surface area contributed by atoms with Crippen molar-refractivity contribution < 1.29 is 215 Å². The first-order valence-corrected chi connectivity index (χ1v) is 15.8. The molecular weight excluding hydrogens is 1010 g/mol. The molecule has 0 amide bonds. The van der Waals surface area contributed by atoms with E-state index in [9.17, 15) is 79.2 Å². The zero-order chi connectivity index (χ0) is 39.9. The summed E-state index contributed by atoms with van der Waals surface area (Å²) in [6.07, 6.45) is 6.80. The zero-order valence-corrected chi connectivity index (χ0v) is 40.5. The normalized spacial score (nSPS) is 7.54. The molecule has 302 valence electrons. The fourth-order valence-electron chi connectivity index (χ4n) is 1.63. The third-order valence-electron chi connectivity index (χ3n) is 3.63. The van der Waals surface area contributed by atoms with Crippen molar-refractivity contribution in [3.05, 3.63) is 0 Å². The van der Waals surface area contributed by atoms with Crippen LogP contribution in [0.5, 0.6) is 0 Å². The molecule has 0 aromatic heterocycles. The maximum atomic E-state index is 9.49.